The molecule has 2 N–H and O–H groups in total. The van der Waals surface area contributed by atoms with Crippen LogP contribution in [0, 0.1) is 6.92 Å². The van der Waals surface area contributed by atoms with Gasteiger partial charge in [-0.2, -0.15) is 0 Å². The van der Waals surface area contributed by atoms with Crippen LogP contribution in [-0.4, -0.2) is 9.97 Å². The van der Waals surface area contributed by atoms with Crippen molar-refractivity contribution in [3.05, 3.63) is 30.3 Å². The van der Waals surface area contributed by atoms with Gasteiger partial charge in [0.1, 0.15) is 12.0 Å². The quantitative estimate of drug-likeness (QED) is 0.715. The molecule has 0 aliphatic rings. The summed E-state index contributed by atoms with van der Waals surface area (Å²) in [5.74, 6) is 0.468. The summed E-state index contributed by atoms with van der Waals surface area (Å²) in [4.78, 5) is 8.21. The predicted octanol–water partition coefficient (Wildman–Crippen LogP) is 1.63. The molecule has 0 aromatic carbocycles. The van der Waals surface area contributed by atoms with E-state index in [0.717, 1.165) is 5.69 Å². The van der Waals surface area contributed by atoms with Gasteiger partial charge in [-0.15, -0.1) is 0 Å². The molecule has 0 bridgehead atoms. The highest BCUT2D eigenvalue weighted by Gasteiger charge is 2.08. The molecule has 0 atom stereocenters. The second kappa shape index (κ2) is 2.90. The molecule has 0 saturated heterocycles. The number of rotatable bonds is 1. The van der Waals surface area contributed by atoms with E-state index in [0.29, 0.717) is 17.3 Å². The molecule has 0 aliphatic heterocycles. The van der Waals surface area contributed by atoms with Gasteiger partial charge in [-0.1, -0.05) is 0 Å². The Kier molecular flexibility index (Phi) is 1.73. The van der Waals surface area contributed by atoms with E-state index in [4.69, 9.17) is 10.2 Å². The smallest absolute Gasteiger partial charge is 0.247 e. The van der Waals surface area contributed by atoms with Gasteiger partial charge in [-0.05, 0) is 19.1 Å². The molecule has 2 heterocycles. The topological polar surface area (TPSA) is 64.9 Å². The Balaban J connectivity index is 2.52. The van der Waals surface area contributed by atoms with Crippen LogP contribution < -0.4 is 5.73 Å². The lowest BCUT2D eigenvalue weighted by atomic mass is 10.3. The predicted molar refractivity (Wildman–Crippen MR) is 48.9 cm³/mol. The highest BCUT2D eigenvalue weighted by Crippen LogP contribution is 2.21. The zero-order chi connectivity index (χ0) is 9.26. The van der Waals surface area contributed by atoms with Crippen LogP contribution in [0.1, 0.15) is 5.69 Å². The first-order chi connectivity index (χ1) is 6.27. The van der Waals surface area contributed by atoms with Crippen molar-refractivity contribution >= 4 is 5.69 Å². The number of pyridine rings is 1. The average Bonchev–Trinajstić information content (AvgIpc) is 2.53. The van der Waals surface area contributed by atoms with E-state index in [2.05, 4.69) is 9.97 Å². The maximum absolute atomic E-state index is 5.70. The molecule has 0 fully saturated rings. The summed E-state index contributed by atoms with van der Waals surface area (Å²) in [6.45, 7) is 1.85. The van der Waals surface area contributed by atoms with Crippen LogP contribution in [0.2, 0.25) is 0 Å². The molecule has 0 spiro atoms. The summed E-state index contributed by atoms with van der Waals surface area (Å²) in [6.07, 6.45) is 3.23. The fraction of sp³-hybridized carbons (Fsp3) is 0.111. The van der Waals surface area contributed by atoms with E-state index in [9.17, 15) is 0 Å². The van der Waals surface area contributed by atoms with Crippen LogP contribution in [0.15, 0.2) is 29.0 Å². The van der Waals surface area contributed by atoms with Crippen molar-refractivity contribution in [2.75, 3.05) is 5.73 Å². The molecule has 2 rings (SSSR count). The fourth-order valence-electron chi connectivity index (χ4n) is 1.06. The molecular formula is C9H9N3O. The number of nitrogens with two attached hydrogens (primary N) is 1. The van der Waals surface area contributed by atoms with Crippen molar-refractivity contribution in [3.63, 3.8) is 0 Å². The third-order valence-electron chi connectivity index (χ3n) is 1.66. The molecule has 2 aromatic rings. The number of nitrogen functional groups attached to an aromatic ring is 1. The van der Waals surface area contributed by atoms with E-state index >= 15 is 0 Å². The summed E-state index contributed by atoms with van der Waals surface area (Å²) >= 11 is 0. The Labute approximate surface area is 75.4 Å². The summed E-state index contributed by atoms with van der Waals surface area (Å²) in [5.41, 5.74) is 7.69. The van der Waals surface area contributed by atoms with Crippen LogP contribution in [0.5, 0.6) is 0 Å². The van der Waals surface area contributed by atoms with Crippen molar-refractivity contribution < 1.29 is 4.42 Å². The standard InChI is InChI=1S/C9H9N3O/c1-6-5-13-9(12-6)8-7(10)3-2-4-11-8/h2-5H,10H2,1H3. The molecule has 0 amide bonds. The number of anilines is 1. The maximum Gasteiger partial charge on any atom is 0.247 e. The zero-order valence-electron chi connectivity index (χ0n) is 7.19. The van der Waals surface area contributed by atoms with E-state index in [1.54, 1.807) is 24.6 Å². The SMILES string of the molecule is Cc1coc(-c2ncccc2N)n1. The van der Waals surface area contributed by atoms with Crippen molar-refractivity contribution in [2.45, 2.75) is 6.92 Å². The van der Waals surface area contributed by atoms with Gasteiger partial charge in [0.25, 0.3) is 0 Å². The van der Waals surface area contributed by atoms with E-state index in [1.165, 1.54) is 0 Å². The molecule has 0 unspecified atom stereocenters. The Hall–Kier alpha value is -1.84. The first-order valence-corrected chi connectivity index (χ1v) is 3.90. The summed E-state index contributed by atoms with van der Waals surface area (Å²) in [6, 6.07) is 3.54. The van der Waals surface area contributed by atoms with Crippen molar-refractivity contribution in [2.24, 2.45) is 0 Å². The molecule has 4 heteroatoms. The average molecular weight is 175 g/mol. The van der Waals surface area contributed by atoms with Gasteiger partial charge in [0.2, 0.25) is 5.89 Å². The molecular weight excluding hydrogens is 166 g/mol. The van der Waals surface area contributed by atoms with Gasteiger partial charge in [-0.25, -0.2) is 9.97 Å². The minimum Gasteiger partial charge on any atom is -0.443 e. The van der Waals surface area contributed by atoms with Crippen molar-refractivity contribution in [1.29, 1.82) is 0 Å². The largest absolute Gasteiger partial charge is 0.443 e. The fourth-order valence-corrected chi connectivity index (χ4v) is 1.06. The van der Waals surface area contributed by atoms with Gasteiger partial charge in [-0.3, -0.25) is 0 Å². The molecule has 2 aromatic heterocycles. The second-order valence-electron chi connectivity index (χ2n) is 2.74. The molecule has 0 saturated carbocycles. The number of aryl methyl sites for hydroxylation is 1. The highest BCUT2D eigenvalue weighted by molar-refractivity contribution is 5.65. The van der Waals surface area contributed by atoms with E-state index in [-0.39, 0.29) is 0 Å². The zero-order valence-corrected chi connectivity index (χ0v) is 7.19. The van der Waals surface area contributed by atoms with Gasteiger partial charge >= 0.3 is 0 Å². The number of nitrogens with zero attached hydrogens (tertiary/aromatic N) is 2. The number of oxazole rings is 1. The van der Waals surface area contributed by atoms with Crippen LogP contribution in [0.3, 0.4) is 0 Å². The number of hydrogen-bond donors (Lipinski definition) is 1. The Morgan fingerprint density at radius 1 is 1.46 bits per heavy atom. The van der Waals surface area contributed by atoms with E-state index in [1.807, 2.05) is 6.92 Å². The van der Waals surface area contributed by atoms with Crippen LogP contribution in [-0.2, 0) is 0 Å². The minimum atomic E-state index is 0.468. The first-order valence-electron chi connectivity index (χ1n) is 3.90. The third kappa shape index (κ3) is 1.38. The van der Waals surface area contributed by atoms with Crippen molar-refractivity contribution in [3.8, 4) is 11.6 Å². The first kappa shape index (κ1) is 7.79. The van der Waals surface area contributed by atoms with Crippen LogP contribution in [0.4, 0.5) is 5.69 Å². The van der Waals surface area contributed by atoms with Gasteiger partial charge in [0.05, 0.1) is 11.4 Å². The summed E-state index contributed by atoms with van der Waals surface area (Å²) in [7, 11) is 0. The van der Waals surface area contributed by atoms with E-state index < -0.39 is 0 Å². The highest BCUT2D eigenvalue weighted by atomic mass is 16.3. The lowest BCUT2D eigenvalue weighted by molar-refractivity contribution is 0.571. The Morgan fingerprint density at radius 2 is 2.31 bits per heavy atom. The lowest BCUT2D eigenvalue weighted by Crippen LogP contribution is -1.92. The van der Waals surface area contributed by atoms with Gasteiger partial charge < -0.3 is 10.2 Å². The molecule has 13 heavy (non-hydrogen) atoms. The molecule has 66 valence electrons. The summed E-state index contributed by atoms with van der Waals surface area (Å²) < 4.78 is 5.18. The Morgan fingerprint density at radius 3 is 2.92 bits per heavy atom. The molecule has 4 nitrogen and oxygen atoms in total. The minimum absolute atomic E-state index is 0.468. The number of aromatic nitrogens is 2. The monoisotopic (exact) mass is 175 g/mol. The normalized spacial score (nSPS) is 10.2. The lowest BCUT2D eigenvalue weighted by Gasteiger charge is -1.97. The molecule has 0 radical (unpaired) electrons. The van der Waals surface area contributed by atoms with Crippen LogP contribution in [0.25, 0.3) is 11.6 Å². The van der Waals surface area contributed by atoms with Crippen LogP contribution >= 0.6 is 0 Å². The Bertz CT molecular complexity index is 422. The molecule has 0 aliphatic carbocycles. The maximum atomic E-state index is 5.70. The van der Waals surface area contributed by atoms with Gasteiger partial charge in [0, 0.05) is 6.20 Å². The van der Waals surface area contributed by atoms with Crippen molar-refractivity contribution in [1.82, 2.24) is 9.97 Å². The third-order valence-corrected chi connectivity index (χ3v) is 1.66. The second-order valence-corrected chi connectivity index (χ2v) is 2.74. The summed E-state index contributed by atoms with van der Waals surface area (Å²) in [5, 5.41) is 0. The number of hydrogen-bond acceptors (Lipinski definition) is 4. The van der Waals surface area contributed by atoms with Gasteiger partial charge in [0.15, 0.2) is 0 Å².